The Kier molecular flexibility index (Phi) is 5.99. The molecule has 4 N–H and O–H groups in total. The van der Waals surface area contributed by atoms with Crippen LogP contribution in [0.4, 0.5) is 0 Å². The van der Waals surface area contributed by atoms with Crippen molar-refractivity contribution in [3.05, 3.63) is 34.4 Å². The quantitative estimate of drug-likeness (QED) is 0.653. The van der Waals surface area contributed by atoms with Crippen molar-refractivity contribution in [2.24, 2.45) is 5.73 Å². The number of hydrogen-bond acceptors (Lipinski definition) is 3. The third kappa shape index (κ3) is 5.41. The summed E-state index contributed by atoms with van der Waals surface area (Å²) < 4.78 is 0. The highest BCUT2D eigenvalue weighted by Crippen LogP contribution is 2.16. The number of hydrogen-bond donors (Lipinski definition) is 3. The van der Waals surface area contributed by atoms with Crippen LogP contribution < -0.4 is 11.1 Å². The van der Waals surface area contributed by atoms with Crippen LogP contribution in [0.3, 0.4) is 0 Å². The summed E-state index contributed by atoms with van der Waals surface area (Å²) in [5, 5.41) is 11.8. The van der Waals surface area contributed by atoms with E-state index in [-0.39, 0.29) is 12.5 Å². The normalized spacial score (nSPS) is 12.4. The molecule has 0 aromatic heterocycles. The van der Waals surface area contributed by atoms with Crippen molar-refractivity contribution < 1.29 is 9.90 Å². The van der Waals surface area contributed by atoms with E-state index in [4.69, 9.17) is 10.8 Å². The molecule has 0 fully saturated rings. The van der Waals surface area contributed by atoms with Crippen molar-refractivity contribution in [1.82, 2.24) is 5.32 Å². The van der Waals surface area contributed by atoms with Gasteiger partial charge in [-0.25, -0.2) is 0 Å². The molecule has 0 amide bonds. The van der Waals surface area contributed by atoms with Crippen molar-refractivity contribution in [2.75, 3.05) is 13.1 Å². The molecule has 0 aliphatic rings. The lowest BCUT2D eigenvalue weighted by Gasteiger charge is -2.13. The molecule has 106 valence electrons. The summed E-state index contributed by atoms with van der Waals surface area (Å²) in [6.07, 6.45) is 0.952. The summed E-state index contributed by atoms with van der Waals surface area (Å²) in [5.41, 5.74) is 11.0. The van der Waals surface area contributed by atoms with E-state index < -0.39 is 5.97 Å². The molecule has 0 bridgehead atoms. The van der Waals surface area contributed by atoms with Crippen molar-refractivity contribution in [3.8, 4) is 0 Å². The van der Waals surface area contributed by atoms with E-state index in [1.165, 1.54) is 22.3 Å². The fourth-order valence-electron chi connectivity index (χ4n) is 2.40. The van der Waals surface area contributed by atoms with Gasteiger partial charge in [-0.3, -0.25) is 4.79 Å². The van der Waals surface area contributed by atoms with Crippen LogP contribution in [-0.2, 0) is 11.2 Å². The lowest BCUT2D eigenvalue weighted by Crippen LogP contribution is -2.36. The van der Waals surface area contributed by atoms with Gasteiger partial charge >= 0.3 is 5.97 Å². The first-order valence-corrected chi connectivity index (χ1v) is 6.65. The average Bonchev–Trinajstić information content (AvgIpc) is 2.25. The largest absolute Gasteiger partial charge is 0.481 e. The number of benzene rings is 1. The average molecular weight is 264 g/mol. The highest BCUT2D eigenvalue weighted by Gasteiger charge is 2.08. The van der Waals surface area contributed by atoms with Gasteiger partial charge in [-0.05, 0) is 50.4 Å². The zero-order valence-corrected chi connectivity index (χ0v) is 12.0. The number of nitrogens with one attached hydrogen (secondary N) is 1. The predicted octanol–water partition coefficient (Wildman–Crippen LogP) is 1.55. The third-order valence-corrected chi connectivity index (χ3v) is 3.24. The van der Waals surface area contributed by atoms with E-state index in [0.717, 1.165) is 13.0 Å². The molecule has 0 radical (unpaired) electrons. The van der Waals surface area contributed by atoms with Crippen molar-refractivity contribution in [3.63, 3.8) is 0 Å². The van der Waals surface area contributed by atoms with Crippen LogP contribution in [0.1, 0.15) is 28.7 Å². The molecule has 4 nitrogen and oxygen atoms in total. The SMILES string of the molecule is Cc1cc(C)c(CCNCC(N)CC(=O)O)c(C)c1. The summed E-state index contributed by atoms with van der Waals surface area (Å²) >= 11 is 0. The van der Waals surface area contributed by atoms with Crippen LogP contribution in [0.15, 0.2) is 12.1 Å². The molecule has 1 aromatic carbocycles. The minimum Gasteiger partial charge on any atom is -0.481 e. The topological polar surface area (TPSA) is 75.3 Å². The predicted molar refractivity (Wildman–Crippen MR) is 77.5 cm³/mol. The van der Waals surface area contributed by atoms with Gasteiger partial charge in [0.15, 0.2) is 0 Å². The minimum absolute atomic E-state index is 0.00951. The molecule has 4 heteroatoms. The van der Waals surface area contributed by atoms with Crippen LogP contribution in [0.2, 0.25) is 0 Å². The lowest BCUT2D eigenvalue weighted by molar-refractivity contribution is -0.137. The van der Waals surface area contributed by atoms with E-state index in [2.05, 4.69) is 38.2 Å². The van der Waals surface area contributed by atoms with Crippen LogP contribution >= 0.6 is 0 Å². The highest BCUT2D eigenvalue weighted by molar-refractivity contribution is 5.67. The second-order valence-electron chi connectivity index (χ2n) is 5.19. The maximum Gasteiger partial charge on any atom is 0.304 e. The summed E-state index contributed by atoms with van der Waals surface area (Å²) in [6, 6.07) is 4.06. The van der Waals surface area contributed by atoms with Crippen LogP contribution in [0, 0.1) is 20.8 Å². The molecule has 1 atom stereocenters. The molecule has 0 spiro atoms. The summed E-state index contributed by atoms with van der Waals surface area (Å²) in [6.45, 7) is 7.72. The van der Waals surface area contributed by atoms with Gasteiger partial charge in [-0.1, -0.05) is 17.7 Å². The lowest BCUT2D eigenvalue weighted by atomic mass is 9.97. The molecule has 19 heavy (non-hydrogen) atoms. The minimum atomic E-state index is -0.848. The van der Waals surface area contributed by atoms with E-state index in [1.807, 2.05) is 0 Å². The van der Waals surface area contributed by atoms with E-state index in [0.29, 0.717) is 6.54 Å². The smallest absolute Gasteiger partial charge is 0.304 e. The second kappa shape index (κ2) is 7.26. The van der Waals surface area contributed by atoms with Crippen molar-refractivity contribution in [1.29, 1.82) is 0 Å². The second-order valence-corrected chi connectivity index (χ2v) is 5.19. The van der Waals surface area contributed by atoms with Gasteiger partial charge in [-0.15, -0.1) is 0 Å². The van der Waals surface area contributed by atoms with Gasteiger partial charge < -0.3 is 16.2 Å². The van der Waals surface area contributed by atoms with Gasteiger partial charge in [0.2, 0.25) is 0 Å². The Morgan fingerprint density at radius 2 is 1.89 bits per heavy atom. The molecule has 0 aliphatic heterocycles. The molecular formula is C15H24N2O2. The Morgan fingerprint density at radius 1 is 1.32 bits per heavy atom. The molecule has 0 saturated heterocycles. The van der Waals surface area contributed by atoms with Gasteiger partial charge in [0.1, 0.15) is 0 Å². The van der Waals surface area contributed by atoms with E-state index in [1.54, 1.807) is 0 Å². The maximum atomic E-state index is 10.5. The maximum absolute atomic E-state index is 10.5. The van der Waals surface area contributed by atoms with E-state index in [9.17, 15) is 4.79 Å². The van der Waals surface area contributed by atoms with E-state index >= 15 is 0 Å². The summed E-state index contributed by atoms with van der Waals surface area (Å²) in [4.78, 5) is 10.5. The number of aliphatic carboxylic acids is 1. The zero-order valence-electron chi connectivity index (χ0n) is 12.0. The first-order chi connectivity index (χ1) is 8.90. The fraction of sp³-hybridized carbons (Fsp3) is 0.533. The van der Waals surface area contributed by atoms with Crippen molar-refractivity contribution >= 4 is 5.97 Å². The number of rotatable bonds is 7. The molecule has 1 aromatic rings. The zero-order chi connectivity index (χ0) is 14.4. The summed E-state index contributed by atoms with van der Waals surface area (Å²) in [7, 11) is 0. The van der Waals surface area contributed by atoms with Gasteiger partial charge in [-0.2, -0.15) is 0 Å². The Bertz CT molecular complexity index is 421. The van der Waals surface area contributed by atoms with Crippen LogP contribution in [0.25, 0.3) is 0 Å². The molecule has 1 unspecified atom stereocenters. The number of carboxylic acids is 1. The standard InChI is InChI=1S/C15H24N2O2/c1-10-6-11(2)14(12(3)7-10)4-5-17-9-13(16)8-15(18)19/h6-7,13,17H,4-5,8-9,16H2,1-3H3,(H,18,19). The molecule has 0 heterocycles. The Balaban J connectivity index is 2.40. The highest BCUT2D eigenvalue weighted by atomic mass is 16.4. The third-order valence-electron chi connectivity index (χ3n) is 3.24. The number of carboxylic acid groups (broad SMARTS) is 1. The first kappa shape index (κ1) is 15.7. The van der Waals surface area contributed by atoms with Gasteiger partial charge in [0.05, 0.1) is 6.42 Å². The van der Waals surface area contributed by atoms with Crippen LogP contribution in [0.5, 0.6) is 0 Å². The van der Waals surface area contributed by atoms with Crippen molar-refractivity contribution in [2.45, 2.75) is 39.7 Å². The Labute approximate surface area is 115 Å². The monoisotopic (exact) mass is 264 g/mol. The molecule has 0 aliphatic carbocycles. The number of nitrogens with two attached hydrogens (primary N) is 1. The van der Waals surface area contributed by atoms with Crippen LogP contribution in [-0.4, -0.2) is 30.2 Å². The first-order valence-electron chi connectivity index (χ1n) is 6.65. The fourth-order valence-corrected chi connectivity index (χ4v) is 2.40. The molecular weight excluding hydrogens is 240 g/mol. The number of carbonyl (C=O) groups is 1. The number of aryl methyl sites for hydroxylation is 3. The Hall–Kier alpha value is -1.39. The summed E-state index contributed by atoms with van der Waals surface area (Å²) in [5.74, 6) is -0.848. The molecule has 1 rings (SSSR count). The Morgan fingerprint density at radius 3 is 2.42 bits per heavy atom. The molecule has 0 saturated carbocycles. The van der Waals surface area contributed by atoms with Gasteiger partial charge in [0.25, 0.3) is 0 Å². The van der Waals surface area contributed by atoms with Gasteiger partial charge in [0, 0.05) is 12.6 Å².